The number of nitrogens with zero attached hydrogens (tertiary/aromatic N) is 3. The van der Waals surface area contributed by atoms with Crippen LogP contribution in [0.2, 0.25) is 0 Å². The molecule has 2 aliphatic rings. The topological polar surface area (TPSA) is 11.4 Å². The molecule has 0 spiro atoms. The predicted octanol–water partition coefficient (Wildman–Crippen LogP) is 20.3. The number of thiophene rings is 2. The first-order chi connectivity index (χ1) is 41.7. The molecule has 3 nitrogen and oxygen atoms in total. The van der Waals surface area contributed by atoms with E-state index in [9.17, 15) is 0 Å². The molecule has 84 heavy (non-hydrogen) atoms. The molecule has 0 N–H and O–H groups in total. The number of rotatable bonds is 7. The lowest BCUT2D eigenvalue weighted by Crippen LogP contribution is -2.61. The number of benzene rings is 13. The van der Waals surface area contributed by atoms with Gasteiger partial charge in [-0.2, -0.15) is 0 Å². The quantitative estimate of drug-likeness (QED) is 0.147. The molecule has 0 atom stereocenters. The van der Waals surface area contributed by atoms with Gasteiger partial charge in [0.05, 0.1) is 16.7 Å². The standard InChI is InChI=1S/C78H48BN3S2/c1-3-17-49(18-4-1)51-33-39-55(40-34-51)80-68-43-37-53(58-25-15-31-74-76(58)62-23-9-13-29-72(62)83-74)45-64(68)79-65-46-54(59-26-16-32-75-77(59)63-24-10-14-30-73(63)84-75)38-44-69(65)81(56-41-35-52(36-42-56)50-19-5-2-6-20-50)71-48-57(47-70(80)78(71)79)82-66-27-11-7-21-60(66)61-22-8-12-28-67(61)82/h1-48H. The van der Waals surface area contributed by atoms with Gasteiger partial charge in [0.1, 0.15) is 0 Å². The zero-order chi connectivity index (χ0) is 55.0. The fraction of sp³-hybridized carbons (Fsp3) is 0. The Hall–Kier alpha value is -10.2. The van der Waals surface area contributed by atoms with E-state index in [1.54, 1.807) is 0 Å². The maximum atomic E-state index is 2.57. The first-order valence-electron chi connectivity index (χ1n) is 28.8. The Labute approximate surface area is 494 Å². The van der Waals surface area contributed by atoms with Gasteiger partial charge < -0.3 is 14.4 Å². The number of para-hydroxylation sites is 2. The van der Waals surface area contributed by atoms with Gasteiger partial charge >= 0.3 is 0 Å². The maximum absolute atomic E-state index is 2.57. The SMILES string of the molecule is c1ccc(-c2ccc(N3c4ccc(-c5cccc6sc7ccccc7c56)cc4B4c5cc(-c6cccc7sc8ccccc8c67)ccc5N(c5ccc(-c6ccccc6)cc5)c5cc(-n6c7ccccc7c7ccccc76)cc3c54)cc2)cc1. The van der Waals surface area contributed by atoms with Gasteiger partial charge in [0.2, 0.25) is 0 Å². The second-order valence-electron chi connectivity index (χ2n) is 22.3. The smallest absolute Gasteiger partial charge is 0.252 e. The Morgan fingerprint density at radius 3 is 1.11 bits per heavy atom. The molecule has 3 aromatic heterocycles. The molecule has 390 valence electrons. The molecule has 0 unspecified atom stereocenters. The molecule has 6 heteroatoms. The van der Waals surface area contributed by atoms with Crippen LogP contribution in [-0.4, -0.2) is 11.3 Å². The second kappa shape index (κ2) is 18.6. The molecule has 0 aliphatic carbocycles. The lowest BCUT2D eigenvalue weighted by Gasteiger charge is -2.44. The minimum absolute atomic E-state index is 0.163. The summed E-state index contributed by atoms with van der Waals surface area (Å²) < 4.78 is 7.71. The molecule has 18 rings (SSSR count). The van der Waals surface area contributed by atoms with Crippen molar-refractivity contribution in [3.8, 4) is 50.2 Å². The van der Waals surface area contributed by atoms with E-state index in [2.05, 4.69) is 306 Å². The summed E-state index contributed by atoms with van der Waals surface area (Å²) in [5.41, 5.74) is 23.8. The van der Waals surface area contributed by atoms with Crippen molar-refractivity contribution in [2.24, 2.45) is 0 Å². The summed E-state index contributed by atoms with van der Waals surface area (Å²) in [6, 6.07) is 109. The highest BCUT2D eigenvalue weighted by Gasteiger charge is 2.44. The molecule has 0 fully saturated rings. The highest BCUT2D eigenvalue weighted by Crippen LogP contribution is 2.49. The van der Waals surface area contributed by atoms with Gasteiger partial charge in [-0.1, -0.05) is 206 Å². The molecular weight excluding hydrogens is 1050 g/mol. The summed E-state index contributed by atoms with van der Waals surface area (Å²) in [4.78, 5) is 5.15. The lowest BCUT2D eigenvalue weighted by molar-refractivity contribution is 1.16. The van der Waals surface area contributed by atoms with Crippen LogP contribution in [0.1, 0.15) is 0 Å². The monoisotopic (exact) mass is 1100 g/mol. The van der Waals surface area contributed by atoms with Gasteiger partial charge in [-0.05, 0) is 146 Å². The average molecular weight is 1100 g/mol. The van der Waals surface area contributed by atoms with Gasteiger partial charge in [-0.15, -0.1) is 22.7 Å². The molecule has 0 saturated carbocycles. The van der Waals surface area contributed by atoms with Crippen molar-refractivity contribution < 1.29 is 0 Å². The van der Waals surface area contributed by atoms with Gasteiger partial charge in [-0.3, -0.25) is 0 Å². The van der Waals surface area contributed by atoms with Gasteiger partial charge in [-0.25, -0.2) is 0 Å². The lowest BCUT2D eigenvalue weighted by atomic mass is 9.33. The van der Waals surface area contributed by atoms with E-state index in [-0.39, 0.29) is 6.71 Å². The number of aromatic nitrogens is 1. The van der Waals surface area contributed by atoms with Crippen molar-refractivity contribution in [3.05, 3.63) is 291 Å². The predicted molar refractivity (Wildman–Crippen MR) is 362 cm³/mol. The largest absolute Gasteiger partial charge is 0.311 e. The number of anilines is 6. The van der Waals surface area contributed by atoms with Crippen molar-refractivity contribution in [2.45, 2.75) is 0 Å². The summed E-state index contributed by atoms with van der Waals surface area (Å²) in [6.07, 6.45) is 0. The Balaban J connectivity index is 0.960. The molecule has 13 aromatic carbocycles. The third-order valence-corrected chi connectivity index (χ3v) is 20.1. The maximum Gasteiger partial charge on any atom is 0.252 e. The molecule has 0 amide bonds. The van der Waals surface area contributed by atoms with Crippen LogP contribution in [0.15, 0.2) is 291 Å². The van der Waals surface area contributed by atoms with Crippen LogP contribution in [0.4, 0.5) is 34.1 Å². The van der Waals surface area contributed by atoms with Crippen LogP contribution >= 0.6 is 22.7 Å². The highest BCUT2D eigenvalue weighted by molar-refractivity contribution is 7.26. The van der Waals surface area contributed by atoms with Crippen molar-refractivity contribution in [2.75, 3.05) is 9.80 Å². The summed E-state index contributed by atoms with van der Waals surface area (Å²) >= 11 is 3.76. The third-order valence-electron chi connectivity index (χ3n) is 17.8. The van der Waals surface area contributed by atoms with E-state index in [1.807, 2.05) is 22.7 Å². The normalized spacial score (nSPS) is 12.7. The summed E-state index contributed by atoms with van der Waals surface area (Å²) in [5.74, 6) is 0. The van der Waals surface area contributed by atoms with Gasteiger partial charge in [0.15, 0.2) is 0 Å². The molecular formula is C78H48BN3S2. The zero-order valence-corrected chi connectivity index (χ0v) is 47.1. The van der Waals surface area contributed by atoms with Crippen LogP contribution in [0.25, 0.3) is 112 Å². The summed E-state index contributed by atoms with van der Waals surface area (Å²) in [7, 11) is 0. The Kier molecular flexibility index (Phi) is 10.5. The van der Waals surface area contributed by atoms with Crippen molar-refractivity contribution in [1.29, 1.82) is 0 Å². The van der Waals surface area contributed by atoms with Crippen LogP contribution in [0.5, 0.6) is 0 Å². The molecule has 0 radical (unpaired) electrons. The summed E-state index contributed by atoms with van der Waals surface area (Å²) in [5, 5.41) is 7.69. The van der Waals surface area contributed by atoms with Crippen LogP contribution in [0.3, 0.4) is 0 Å². The highest BCUT2D eigenvalue weighted by atomic mass is 32.1. The van der Waals surface area contributed by atoms with Gasteiger partial charge in [0, 0.05) is 85.2 Å². The Morgan fingerprint density at radius 1 is 0.262 bits per heavy atom. The summed E-state index contributed by atoms with van der Waals surface area (Å²) in [6.45, 7) is -0.163. The van der Waals surface area contributed by atoms with E-state index in [1.165, 1.54) is 134 Å². The Morgan fingerprint density at radius 2 is 0.643 bits per heavy atom. The first-order valence-corrected chi connectivity index (χ1v) is 30.5. The first kappa shape index (κ1) is 47.4. The van der Waals surface area contributed by atoms with Crippen LogP contribution in [0, 0.1) is 0 Å². The van der Waals surface area contributed by atoms with E-state index in [4.69, 9.17) is 0 Å². The third kappa shape index (κ3) is 7.18. The van der Waals surface area contributed by atoms with E-state index in [0.29, 0.717) is 0 Å². The molecule has 0 saturated heterocycles. The van der Waals surface area contributed by atoms with Crippen molar-refractivity contribution >= 4 is 142 Å². The average Bonchev–Trinajstić information content (AvgIpc) is 1.44. The zero-order valence-electron chi connectivity index (χ0n) is 45.4. The Bertz CT molecular complexity index is 5000. The minimum Gasteiger partial charge on any atom is -0.311 e. The fourth-order valence-electron chi connectivity index (χ4n) is 14.1. The second-order valence-corrected chi connectivity index (χ2v) is 24.5. The molecule has 0 bridgehead atoms. The van der Waals surface area contributed by atoms with Crippen LogP contribution < -0.4 is 26.2 Å². The molecule has 2 aliphatic heterocycles. The van der Waals surface area contributed by atoms with E-state index in [0.717, 1.165) is 28.4 Å². The fourth-order valence-corrected chi connectivity index (χ4v) is 16.4. The number of fused-ring (bicyclic) bond motifs is 13. The molecule has 5 heterocycles. The minimum atomic E-state index is -0.163. The van der Waals surface area contributed by atoms with E-state index >= 15 is 0 Å². The number of hydrogen-bond acceptors (Lipinski definition) is 4. The van der Waals surface area contributed by atoms with Gasteiger partial charge in [0.25, 0.3) is 6.71 Å². The molecule has 16 aromatic rings. The number of hydrogen-bond donors (Lipinski definition) is 0. The van der Waals surface area contributed by atoms with Crippen LogP contribution in [-0.2, 0) is 0 Å². The van der Waals surface area contributed by atoms with Crippen molar-refractivity contribution in [1.82, 2.24) is 4.57 Å². The van der Waals surface area contributed by atoms with E-state index < -0.39 is 0 Å². The van der Waals surface area contributed by atoms with Crippen molar-refractivity contribution in [3.63, 3.8) is 0 Å².